The highest BCUT2D eigenvalue weighted by molar-refractivity contribution is 6.04. The van der Waals surface area contributed by atoms with Crippen LogP contribution in [0.1, 0.15) is 43.2 Å². The van der Waals surface area contributed by atoms with Gasteiger partial charge in [-0.25, -0.2) is 34.3 Å². The molecule has 0 aliphatic heterocycles. The lowest BCUT2D eigenvalue weighted by Crippen LogP contribution is -2.55. The lowest BCUT2D eigenvalue weighted by Gasteiger charge is -2.61. The molecule has 5 aliphatic rings. The first-order valence-corrected chi connectivity index (χ1v) is 26.4. The predicted molar refractivity (Wildman–Crippen MR) is 297 cm³/mol. The normalized spacial score (nSPS) is 19.9. The summed E-state index contributed by atoms with van der Waals surface area (Å²) in [5.41, 5.74) is 14.8. The highest BCUT2D eigenvalue weighted by atomic mass is 19.1. The molecule has 75 heavy (non-hydrogen) atoms. The molecule has 2 heterocycles. The van der Waals surface area contributed by atoms with Gasteiger partial charge in [0.1, 0.15) is 5.82 Å². The molecule has 7 heteroatoms. The molecule has 0 N–H and O–H groups in total. The van der Waals surface area contributed by atoms with Gasteiger partial charge in [-0.1, -0.05) is 182 Å². The quantitative estimate of drug-likeness (QED) is 0.151. The fourth-order valence-electron chi connectivity index (χ4n) is 14.1. The molecular weight excluding hydrogens is 920 g/mol. The average Bonchev–Trinajstić information content (AvgIpc) is 3.99. The minimum absolute atomic E-state index is 0.173. The third-order valence-electron chi connectivity index (χ3n) is 17.1. The van der Waals surface area contributed by atoms with E-state index < -0.39 is 0 Å². The number of halogens is 1. The summed E-state index contributed by atoms with van der Waals surface area (Å²) < 4.78 is 15.9. The first-order chi connectivity index (χ1) is 37.0. The van der Waals surface area contributed by atoms with Crippen molar-refractivity contribution in [1.82, 2.24) is 29.9 Å². The first-order valence-electron chi connectivity index (χ1n) is 26.4. The number of hydrogen-bond donors (Lipinski definition) is 0. The van der Waals surface area contributed by atoms with Gasteiger partial charge in [0.2, 0.25) is 0 Å². The zero-order valence-electron chi connectivity index (χ0n) is 41.1. The van der Waals surface area contributed by atoms with E-state index in [2.05, 4.69) is 97.1 Å². The third kappa shape index (κ3) is 7.20. The van der Waals surface area contributed by atoms with Gasteiger partial charge in [0, 0.05) is 38.8 Å². The summed E-state index contributed by atoms with van der Waals surface area (Å²) in [6.07, 6.45) is 6.30. The Labute approximate surface area is 435 Å². The molecule has 9 aromatic carbocycles. The van der Waals surface area contributed by atoms with Crippen molar-refractivity contribution in [1.29, 1.82) is 0 Å². The van der Waals surface area contributed by atoms with Crippen LogP contribution in [0.2, 0.25) is 0 Å². The van der Waals surface area contributed by atoms with Crippen molar-refractivity contribution in [3.63, 3.8) is 0 Å². The van der Waals surface area contributed by atoms with E-state index in [1.807, 2.05) is 103 Å². The van der Waals surface area contributed by atoms with Gasteiger partial charge < -0.3 is 0 Å². The zero-order valence-corrected chi connectivity index (χ0v) is 41.1. The van der Waals surface area contributed by atoms with E-state index >= 15 is 4.39 Å². The summed E-state index contributed by atoms with van der Waals surface area (Å²) in [4.78, 5) is 30.5. The van der Waals surface area contributed by atoms with Gasteiger partial charge in [0.15, 0.2) is 34.9 Å². The van der Waals surface area contributed by atoms with Gasteiger partial charge >= 0.3 is 0 Å². The molecule has 2 aromatic heterocycles. The molecule has 0 atom stereocenters. The molecule has 4 saturated carbocycles. The Balaban J connectivity index is 0.875. The van der Waals surface area contributed by atoms with Crippen LogP contribution in [0.25, 0.3) is 112 Å². The molecule has 6 nitrogen and oxygen atoms in total. The second-order valence-corrected chi connectivity index (χ2v) is 21.2. The molecular formula is C68H49FN6. The van der Waals surface area contributed by atoms with Crippen LogP contribution in [-0.4, -0.2) is 29.9 Å². The van der Waals surface area contributed by atoms with Crippen molar-refractivity contribution in [3.8, 4) is 102 Å². The number of benzene rings is 9. The van der Waals surface area contributed by atoms with Crippen molar-refractivity contribution < 1.29 is 4.39 Å². The van der Waals surface area contributed by atoms with E-state index in [4.69, 9.17) is 29.9 Å². The molecule has 0 unspecified atom stereocenters. The molecule has 0 radical (unpaired) electrons. The molecule has 5 aliphatic carbocycles. The largest absolute Gasteiger partial charge is 0.208 e. The highest BCUT2D eigenvalue weighted by Crippen LogP contribution is 2.70. The van der Waals surface area contributed by atoms with Crippen LogP contribution < -0.4 is 0 Å². The fourth-order valence-corrected chi connectivity index (χ4v) is 14.1. The maximum Gasteiger partial charge on any atom is 0.164 e. The summed E-state index contributed by atoms with van der Waals surface area (Å²) in [7, 11) is 0. The minimum Gasteiger partial charge on any atom is -0.208 e. The summed E-state index contributed by atoms with van der Waals surface area (Å²) in [6, 6.07) is 72.8. The van der Waals surface area contributed by atoms with Gasteiger partial charge in [-0.15, -0.1) is 0 Å². The smallest absolute Gasteiger partial charge is 0.164 e. The number of rotatable bonds is 8. The number of aromatic nitrogens is 6. The van der Waals surface area contributed by atoms with Gasteiger partial charge in [-0.05, 0) is 141 Å². The molecule has 0 saturated heterocycles. The van der Waals surface area contributed by atoms with Crippen molar-refractivity contribution in [2.75, 3.05) is 0 Å². The van der Waals surface area contributed by atoms with E-state index in [1.54, 1.807) is 6.07 Å². The monoisotopic (exact) mass is 968 g/mol. The topological polar surface area (TPSA) is 77.3 Å². The van der Waals surface area contributed by atoms with Crippen LogP contribution in [0.15, 0.2) is 212 Å². The number of hydrogen-bond acceptors (Lipinski definition) is 6. The molecule has 4 bridgehead atoms. The molecule has 4 fully saturated rings. The number of fused-ring (bicyclic) bond motifs is 4. The number of nitrogens with zero attached hydrogens (tertiary/aromatic N) is 6. The van der Waals surface area contributed by atoms with Gasteiger partial charge in [0.25, 0.3) is 0 Å². The third-order valence-corrected chi connectivity index (χ3v) is 17.1. The lowest BCUT2D eigenvalue weighted by molar-refractivity contribution is -0.0399. The van der Waals surface area contributed by atoms with E-state index in [-0.39, 0.29) is 11.2 Å². The molecule has 0 amide bonds. The average molecular weight is 969 g/mol. The van der Waals surface area contributed by atoms with Gasteiger partial charge in [-0.3, -0.25) is 0 Å². The Kier molecular flexibility index (Phi) is 10.2. The standard InChI is InChI=1S/C68H49FN6/c69-51-29-32-58(67-74-64(45-19-9-3-10-20-45)71-65(75-67)46-21-11-4-12-22-46)59(40-51)48-28-31-56-55-30-27-47(38-60(55)68(61(56)39-48)49-34-41-33-42(36-49)37-50(68)35-41)52-23-13-25-54-53(52)24-14-26-57(54)66-72-62(43-15-5-1-6-16-43)70-63(73-66)44-17-7-2-8-18-44/h1-32,38-42,49-50H,33-37H2. The lowest BCUT2D eigenvalue weighted by atomic mass is 9.43. The Bertz CT molecular complexity index is 3890. The van der Waals surface area contributed by atoms with Crippen LogP contribution in [0.5, 0.6) is 0 Å². The van der Waals surface area contributed by atoms with Gasteiger partial charge in [0.05, 0.1) is 0 Å². The summed E-state index contributed by atoms with van der Waals surface area (Å²) in [5.74, 6) is 5.85. The van der Waals surface area contributed by atoms with Crippen molar-refractivity contribution >= 4 is 10.8 Å². The highest BCUT2D eigenvalue weighted by Gasteiger charge is 2.61. The van der Waals surface area contributed by atoms with E-state index in [1.165, 1.54) is 71.6 Å². The second kappa shape index (κ2) is 17.4. The SMILES string of the molecule is Fc1ccc(-c2nc(-c3ccccc3)nc(-c3ccccc3)n2)c(-c2ccc3c(c2)C2(c4cc(-c5cccc6c(-c7nc(-c8ccccc8)nc(-c8ccccc8)n7)cccc56)ccc4-3)C3CC4CC(C3)CC2C4)c1. The second-order valence-electron chi connectivity index (χ2n) is 21.2. The van der Waals surface area contributed by atoms with Crippen LogP contribution in [0.3, 0.4) is 0 Å². The molecule has 1 spiro atoms. The van der Waals surface area contributed by atoms with Crippen LogP contribution in [0, 0.1) is 29.5 Å². The Morgan fingerprint density at radius 2 is 0.680 bits per heavy atom. The zero-order chi connectivity index (χ0) is 49.6. The van der Waals surface area contributed by atoms with Crippen molar-refractivity contribution in [2.24, 2.45) is 23.7 Å². The summed E-state index contributed by atoms with van der Waals surface area (Å²) >= 11 is 0. The van der Waals surface area contributed by atoms with Crippen LogP contribution >= 0.6 is 0 Å². The van der Waals surface area contributed by atoms with Crippen molar-refractivity contribution in [3.05, 3.63) is 229 Å². The Hall–Kier alpha value is -8.81. The molecule has 11 aromatic rings. The van der Waals surface area contributed by atoms with Crippen LogP contribution in [-0.2, 0) is 5.41 Å². The fraction of sp³-hybridized carbons (Fsp3) is 0.147. The molecule has 16 rings (SSSR count). The summed E-state index contributed by atoms with van der Waals surface area (Å²) in [5, 5.41) is 2.24. The Morgan fingerprint density at radius 1 is 0.293 bits per heavy atom. The Morgan fingerprint density at radius 3 is 1.15 bits per heavy atom. The van der Waals surface area contributed by atoms with E-state index in [0.29, 0.717) is 46.8 Å². The maximum absolute atomic E-state index is 15.9. The predicted octanol–water partition coefficient (Wildman–Crippen LogP) is 16.4. The molecule has 358 valence electrons. The van der Waals surface area contributed by atoms with E-state index in [9.17, 15) is 0 Å². The van der Waals surface area contributed by atoms with Crippen molar-refractivity contribution in [2.45, 2.75) is 37.5 Å². The van der Waals surface area contributed by atoms with Crippen LogP contribution in [0.4, 0.5) is 4.39 Å². The van der Waals surface area contributed by atoms with E-state index in [0.717, 1.165) is 67.1 Å². The first kappa shape index (κ1) is 43.7. The minimum atomic E-state index is -0.297. The van der Waals surface area contributed by atoms with Gasteiger partial charge in [-0.2, -0.15) is 0 Å². The summed E-state index contributed by atoms with van der Waals surface area (Å²) in [6.45, 7) is 0. The maximum atomic E-state index is 15.9.